The zero-order valence-electron chi connectivity index (χ0n) is 43.8. The summed E-state index contributed by atoms with van der Waals surface area (Å²) in [6, 6.07) is 0. The van der Waals surface area contributed by atoms with Crippen molar-refractivity contribution in [3.05, 3.63) is 24.3 Å². The molecule has 382 valence electrons. The largest absolute Gasteiger partial charge is 0.462 e. The van der Waals surface area contributed by atoms with Crippen molar-refractivity contribution in [2.75, 3.05) is 13.2 Å². The van der Waals surface area contributed by atoms with Crippen molar-refractivity contribution in [3.8, 4) is 0 Å². The topological polar surface area (TPSA) is 78.9 Å². The van der Waals surface area contributed by atoms with Gasteiger partial charge in [0.1, 0.15) is 13.2 Å². The molecule has 1 atom stereocenters. The van der Waals surface area contributed by atoms with Crippen LogP contribution in [0.2, 0.25) is 0 Å². The lowest BCUT2D eigenvalue weighted by Gasteiger charge is -2.18. The molecular weight excluding hydrogens is 805 g/mol. The summed E-state index contributed by atoms with van der Waals surface area (Å²) in [5.41, 5.74) is 0. The molecule has 0 spiro atoms. The predicted octanol–water partition coefficient (Wildman–Crippen LogP) is 19.1. The molecule has 0 rings (SSSR count). The van der Waals surface area contributed by atoms with E-state index in [1.54, 1.807) is 0 Å². The molecule has 0 aromatic carbocycles. The van der Waals surface area contributed by atoms with Crippen LogP contribution in [0, 0.1) is 0 Å². The van der Waals surface area contributed by atoms with Crippen LogP contribution in [-0.4, -0.2) is 37.2 Å². The number of unbranched alkanes of at least 4 members (excludes halogenated alkanes) is 38. The van der Waals surface area contributed by atoms with Crippen molar-refractivity contribution >= 4 is 17.9 Å². The molecule has 0 aromatic heterocycles. The number of esters is 3. The van der Waals surface area contributed by atoms with Crippen LogP contribution in [0.5, 0.6) is 0 Å². The summed E-state index contributed by atoms with van der Waals surface area (Å²) in [6.07, 6.45) is 63.1. The van der Waals surface area contributed by atoms with Crippen LogP contribution >= 0.6 is 0 Å². The van der Waals surface area contributed by atoms with Gasteiger partial charge in [-0.2, -0.15) is 0 Å². The van der Waals surface area contributed by atoms with Gasteiger partial charge in [-0.1, -0.05) is 251 Å². The lowest BCUT2D eigenvalue weighted by Crippen LogP contribution is -2.30. The minimum atomic E-state index is -0.777. The fourth-order valence-electron chi connectivity index (χ4n) is 8.55. The third-order valence-corrected chi connectivity index (χ3v) is 12.9. The van der Waals surface area contributed by atoms with Gasteiger partial charge in [0.05, 0.1) is 0 Å². The first-order chi connectivity index (χ1) is 32.0. The highest BCUT2D eigenvalue weighted by atomic mass is 16.6. The second kappa shape index (κ2) is 54.5. The quantitative estimate of drug-likeness (QED) is 0.0262. The van der Waals surface area contributed by atoms with E-state index in [2.05, 4.69) is 45.1 Å². The second-order valence-corrected chi connectivity index (χ2v) is 19.6. The Morgan fingerprint density at radius 3 is 0.785 bits per heavy atom. The number of carbonyl (C=O) groups excluding carboxylic acids is 3. The summed E-state index contributed by atoms with van der Waals surface area (Å²) < 4.78 is 16.9. The first-order valence-electron chi connectivity index (χ1n) is 28.8. The highest BCUT2D eigenvalue weighted by Gasteiger charge is 2.19. The average Bonchev–Trinajstić information content (AvgIpc) is 3.30. The van der Waals surface area contributed by atoms with Crippen molar-refractivity contribution in [1.82, 2.24) is 0 Å². The van der Waals surface area contributed by atoms with E-state index in [9.17, 15) is 14.4 Å². The van der Waals surface area contributed by atoms with E-state index in [0.717, 1.165) is 77.0 Å². The number of carbonyl (C=O) groups is 3. The van der Waals surface area contributed by atoms with E-state index in [-0.39, 0.29) is 31.1 Å². The molecule has 0 N–H and O–H groups in total. The molecular formula is C59H110O6. The molecule has 0 aromatic rings. The Balaban J connectivity index is 4.33. The van der Waals surface area contributed by atoms with Gasteiger partial charge in [0.15, 0.2) is 6.10 Å². The minimum absolute atomic E-state index is 0.0749. The molecule has 0 saturated carbocycles. The van der Waals surface area contributed by atoms with Gasteiger partial charge in [-0.15, -0.1) is 0 Å². The zero-order chi connectivity index (χ0) is 47.2. The summed E-state index contributed by atoms with van der Waals surface area (Å²) in [7, 11) is 0. The maximum Gasteiger partial charge on any atom is 0.306 e. The fraction of sp³-hybridized carbons (Fsp3) is 0.881. The maximum atomic E-state index is 12.8. The molecule has 0 fully saturated rings. The standard InChI is InChI=1S/C59H110O6/c1-4-7-10-13-16-19-22-25-27-29-30-32-34-37-40-43-46-49-52-58(61)64-55-56(54-63-57(60)51-48-45-42-39-36-33-24-21-18-15-12-9-6-3)65-59(62)53-50-47-44-41-38-35-31-28-26-23-20-17-14-11-8-5-2/h28,31,33,36,56H,4-27,29-30,32,34-35,37-55H2,1-3H3/b31-28-,36-33-. The minimum Gasteiger partial charge on any atom is -0.462 e. The summed E-state index contributed by atoms with van der Waals surface area (Å²) in [5.74, 6) is -0.881. The molecule has 1 unspecified atom stereocenters. The van der Waals surface area contributed by atoms with Crippen molar-refractivity contribution in [3.63, 3.8) is 0 Å². The van der Waals surface area contributed by atoms with Gasteiger partial charge in [-0.05, 0) is 70.6 Å². The first-order valence-corrected chi connectivity index (χ1v) is 28.8. The normalized spacial score (nSPS) is 12.1. The van der Waals surface area contributed by atoms with E-state index in [4.69, 9.17) is 14.2 Å². The summed E-state index contributed by atoms with van der Waals surface area (Å²) in [5, 5.41) is 0. The zero-order valence-corrected chi connectivity index (χ0v) is 43.8. The molecule has 0 heterocycles. The Morgan fingerprint density at radius 1 is 0.292 bits per heavy atom. The average molecular weight is 916 g/mol. The van der Waals surface area contributed by atoms with Crippen molar-refractivity contribution in [1.29, 1.82) is 0 Å². The van der Waals surface area contributed by atoms with Gasteiger partial charge >= 0.3 is 17.9 Å². The molecule has 65 heavy (non-hydrogen) atoms. The van der Waals surface area contributed by atoms with Crippen LogP contribution in [0.1, 0.15) is 316 Å². The molecule has 6 heteroatoms. The van der Waals surface area contributed by atoms with E-state index in [0.29, 0.717) is 19.3 Å². The van der Waals surface area contributed by atoms with Crippen molar-refractivity contribution in [2.24, 2.45) is 0 Å². The summed E-state index contributed by atoms with van der Waals surface area (Å²) in [6.45, 7) is 6.66. The van der Waals surface area contributed by atoms with Crippen LogP contribution in [0.25, 0.3) is 0 Å². The van der Waals surface area contributed by atoms with E-state index < -0.39 is 6.10 Å². The van der Waals surface area contributed by atoms with Gasteiger partial charge in [-0.25, -0.2) is 0 Å². The Hall–Kier alpha value is -2.11. The highest BCUT2D eigenvalue weighted by Crippen LogP contribution is 2.16. The molecule has 0 bridgehead atoms. The third-order valence-electron chi connectivity index (χ3n) is 12.9. The van der Waals surface area contributed by atoms with Gasteiger partial charge in [0.2, 0.25) is 0 Å². The Bertz CT molecular complexity index is 1050. The van der Waals surface area contributed by atoms with Crippen LogP contribution in [-0.2, 0) is 28.6 Å². The van der Waals surface area contributed by atoms with E-state index in [1.165, 1.54) is 199 Å². The highest BCUT2D eigenvalue weighted by molar-refractivity contribution is 5.71. The molecule has 0 saturated heterocycles. The summed E-state index contributed by atoms with van der Waals surface area (Å²) in [4.78, 5) is 38.1. The Labute approximate surface area is 404 Å². The summed E-state index contributed by atoms with van der Waals surface area (Å²) >= 11 is 0. The maximum absolute atomic E-state index is 12.8. The van der Waals surface area contributed by atoms with Gasteiger partial charge < -0.3 is 14.2 Å². The van der Waals surface area contributed by atoms with Gasteiger partial charge in [0, 0.05) is 19.3 Å². The number of ether oxygens (including phenoxy) is 3. The SMILES string of the molecule is CCCCCCCC/C=C\CCCCCC(=O)OCC(COC(=O)CCCCCCCCCCCCCCCCCCCC)OC(=O)CCCCCCC/C=C\CCCCCCCCC. The Kier molecular flexibility index (Phi) is 52.7. The molecule has 0 radical (unpaired) electrons. The van der Waals surface area contributed by atoms with E-state index in [1.807, 2.05) is 0 Å². The van der Waals surface area contributed by atoms with Crippen LogP contribution in [0.4, 0.5) is 0 Å². The fourth-order valence-corrected chi connectivity index (χ4v) is 8.55. The second-order valence-electron chi connectivity index (χ2n) is 19.6. The number of rotatable bonds is 53. The Morgan fingerprint density at radius 2 is 0.508 bits per heavy atom. The molecule has 0 aliphatic heterocycles. The smallest absolute Gasteiger partial charge is 0.306 e. The van der Waals surface area contributed by atoms with Crippen LogP contribution in [0.3, 0.4) is 0 Å². The third kappa shape index (κ3) is 52.7. The molecule has 0 amide bonds. The van der Waals surface area contributed by atoms with E-state index >= 15 is 0 Å². The lowest BCUT2D eigenvalue weighted by atomic mass is 10.0. The van der Waals surface area contributed by atoms with Crippen molar-refractivity contribution < 1.29 is 28.6 Å². The number of allylic oxidation sites excluding steroid dienone is 4. The van der Waals surface area contributed by atoms with Crippen LogP contribution in [0.15, 0.2) is 24.3 Å². The predicted molar refractivity (Wildman–Crippen MR) is 279 cm³/mol. The van der Waals surface area contributed by atoms with Gasteiger partial charge in [-0.3, -0.25) is 14.4 Å². The van der Waals surface area contributed by atoms with Gasteiger partial charge in [0.25, 0.3) is 0 Å². The number of hydrogen-bond donors (Lipinski definition) is 0. The van der Waals surface area contributed by atoms with Crippen molar-refractivity contribution in [2.45, 2.75) is 322 Å². The molecule has 6 nitrogen and oxygen atoms in total. The first kappa shape index (κ1) is 62.9. The monoisotopic (exact) mass is 915 g/mol. The number of hydrogen-bond acceptors (Lipinski definition) is 6. The lowest BCUT2D eigenvalue weighted by molar-refractivity contribution is -0.167. The molecule has 0 aliphatic carbocycles. The van der Waals surface area contributed by atoms with Crippen LogP contribution < -0.4 is 0 Å². The molecule has 0 aliphatic rings.